The van der Waals surface area contributed by atoms with Crippen molar-refractivity contribution < 1.29 is 28.6 Å². The maximum atomic E-state index is 12.0. The van der Waals surface area contributed by atoms with Gasteiger partial charge in [0.25, 0.3) is 5.91 Å². The molecule has 0 unspecified atom stereocenters. The number of carbonyl (C=O) groups excluding carboxylic acids is 3. The van der Waals surface area contributed by atoms with Gasteiger partial charge in [0.15, 0.2) is 6.10 Å². The van der Waals surface area contributed by atoms with Gasteiger partial charge in [-0.1, -0.05) is 0 Å². The van der Waals surface area contributed by atoms with Crippen molar-refractivity contribution in [1.82, 2.24) is 10.6 Å². The van der Waals surface area contributed by atoms with E-state index in [2.05, 4.69) is 5.32 Å². The Morgan fingerprint density at radius 3 is 2.60 bits per heavy atom. The Balaban J connectivity index is 1.82. The maximum Gasteiger partial charge on any atom is 0.338 e. The van der Waals surface area contributed by atoms with Gasteiger partial charge in [-0.3, -0.25) is 10.1 Å². The first kappa shape index (κ1) is 18.7. The zero-order chi connectivity index (χ0) is 18.2. The third-order valence-corrected chi connectivity index (χ3v) is 3.67. The molecule has 1 aromatic rings. The summed E-state index contributed by atoms with van der Waals surface area (Å²) in [4.78, 5) is 34.8. The van der Waals surface area contributed by atoms with Crippen LogP contribution in [-0.4, -0.2) is 50.4 Å². The highest BCUT2D eigenvalue weighted by molar-refractivity contribution is 5.98. The van der Waals surface area contributed by atoms with Gasteiger partial charge in [-0.15, -0.1) is 0 Å². The summed E-state index contributed by atoms with van der Waals surface area (Å²) in [5.41, 5.74) is 0.282. The molecule has 2 atom stereocenters. The van der Waals surface area contributed by atoms with E-state index in [9.17, 15) is 14.4 Å². The molecule has 1 fully saturated rings. The molecule has 1 saturated heterocycles. The summed E-state index contributed by atoms with van der Waals surface area (Å²) >= 11 is 0. The Morgan fingerprint density at radius 2 is 2.00 bits per heavy atom. The summed E-state index contributed by atoms with van der Waals surface area (Å²) < 4.78 is 16.1. The molecule has 8 nitrogen and oxygen atoms in total. The summed E-state index contributed by atoms with van der Waals surface area (Å²) in [6.07, 6.45) is 1.05. The molecule has 3 amide bonds. The van der Waals surface area contributed by atoms with Crippen LogP contribution in [0.1, 0.15) is 30.1 Å². The van der Waals surface area contributed by atoms with E-state index >= 15 is 0 Å². The second kappa shape index (κ2) is 9.03. The van der Waals surface area contributed by atoms with Gasteiger partial charge in [0.05, 0.1) is 11.7 Å². The lowest BCUT2D eigenvalue weighted by Gasteiger charge is -2.13. The number of benzene rings is 1. The molecular formula is C17H22N2O6. The van der Waals surface area contributed by atoms with E-state index in [0.717, 1.165) is 19.4 Å². The third-order valence-electron chi connectivity index (χ3n) is 3.67. The number of rotatable bonds is 6. The topological polar surface area (TPSA) is 103 Å². The average Bonchev–Trinajstić information content (AvgIpc) is 3.13. The van der Waals surface area contributed by atoms with Crippen molar-refractivity contribution >= 4 is 17.9 Å². The molecule has 1 aliphatic rings. The van der Waals surface area contributed by atoms with Crippen LogP contribution < -0.4 is 15.4 Å². The zero-order valence-electron chi connectivity index (χ0n) is 14.2. The van der Waals surface area contributed by atoms with Gasteiger partial charge >= 0.3 is 12.0 Å². The second-order valence-corrected chi connectivity index (χ2v) is 5.59. The van der Waals surface area contributed by atoms with Gasteiger partial charge in [-0.05, 0) is 44.0 Å². The van der Waals surface area contributed by atoms with E-state index in [0.29, 0.717) is 12.4 Å². The fourth-order valence-electron chi connectivity index (χ4n) is 2.21. The Morgan fingerprint density at radius 1 is 1.28 bits per heavy atom. The van der Waals surface area contributed by atoms with E-state index < -0.39 is 24.0 Å². The van der Waals surface area contributed by atoms with Gasteiger partial charge in [0.1, 0.15) is 12.4 Å². The molecule has 0 radical (unpaired) electrons. The quantitative estimate of drug-likeness (QED) is 0.749. The third kappa shape index (κ3) is 5.75. The molecule has 136 valence electrons. The van der Waals surface area contributed by atoms with Crippen LogP contribution in [-0.2, 0) is 14.3 Å². The van der Waals surface area contributed by atoms with Crippen LogP contribution in [0.2, 0.25) is 0 Å². The van der Waals surface area contributed by atoms with Crippen molar-refractivity contribution in [2.24, 2.45) is 0 Å². The minimum atomic E-state index is -1.10. The normalized spacial score (nSPS) is 17.4. The number of ether oxygens (including phenoxy) is 3. The molecule has 2 N–H and O–H groups in total. The van der Waals surface area contributed by atoms with Gasteiger partial charge in [0.2, 0.25) is 0 Å². The Bertz CT molecular complexity index is 610. The maximum absolute atomic E-state index is 12.0. The number of urea groups is 1. The average molecular weight is 350 g/mol. The molecule has 1 aliphatic heterocycles. The Hall–Kier alpha value is -2.61. The molecule has 0 spiro atoms. The number of esters is 1. The molecule has 0 saturated carbocycles. The summed E-state index contributed by atoms with van der Waals surface area (Å²) in [5, 5.41) is 4.28. The summed E-state index contributed by atoms with van der Waals surface area (Å²) in [5.74, 6) is -0.744. The number of amides is 3. The Labute approximate surface area is 145 Å². The SMILES string of the molecule is CNC(=O)NC(=O)[C@@H](C)OC(=O)c1ccc(OC[C@H]2CCCO2)cc1. The minimum Gasteiger partial charge on any atom is -0.491 e. The molecule has 8 heteroatoms. The van der Waals surface area contributed by atoms with Crippen molar-refractivity contribution in [3.05, 3.63) is 29.8 Å². The zero-order valence-corrected chi connectivity index (χ0v) is 14.2. The molecule has 0 bridgehead atoms. The van der Waals surface area contributed by atoms with Crippen molar-refractivity contribution in [1.29, 1.82) is 0 Å². The van der Waals surface area contributed by atoms with E-state index in [1.807, 2.05) is 5.32 Å². The van der Waals surface area contributed by atoms with Crippen molar-refractivity contribution in [2.45, 2.75) is 32.0 Å². The van der Waals surface area contributed by atoms with Crippen molar-refractivity contribution in [2.75, 3.05) is 20.3 Å². The fourth-order valence-corrected chi connectivity index (χ4v) is 2.21. The molecule has 1 aromatic carbocycles. The van der Waals surface area contributed by atoms with Crippen LogP contribution in [0.25, 0.3) is 0 Å². The largest absolute Gasteiger partial charge is 0.491 e. The first-order valence-corrected chi connectivity index (χ1v) is 8.07. The van der Waals surface area contributed by atoms with Crippen molar-refractivity contribution in [3.63, 3.8) is 0 Å². The van der Waals surface area contributed by atoms with Gasteiger partial charge < -0.3 is 19.5 Å². The van der Waals surface area contributed by atoms with E-state index in [1.165, 1.54) is 14.0 Å². The number of imide groups is 1. The summed E-state index contributed by atoms with van der Waals surface area (Å²) in [6.45, 7) is 2.63. The monoisotopic (exact) mass is 350 g/mol. The number of hydrogen-bond acceptors (Lipinski definition) is 6. The molecule has 0 aromatic heterocycles. The standard InChI is InChI=1S/C17H22N2O6/c1-11(15(20)19-17(22)18-2)25-16(21)12-5-7-13(8-6-12)24-10-14-4-3-9-23-14/h5-8,11,14H,3-4,9-10H2,1-2H3,(H2,18,19,20,22)/t11-,14-/m1/s1. The first-order valence-electron chi connectivity index (χ1n) is 8.07. The molecule has 0 aliphatic carbocycles. The van der Waals surface area contributed by atoms with Crippen LogP contribution in [0.5, 0.6) is 5.75 Å². The van der Waals surface area contributed by atoms with E-state index in [1.54, 1.807) is 24.3 Å². The van der Waals surface area contributed by atoms with Crippen molar-refractivity contribution in [3.8, 4) is 5.75 Å². The smallest absolute Gasteiger partial charge is 0.338 e. The van der Waals surface area contributed by atoms with Crippen LogP contribution >= 0.6 is 0 Å². The molecule has 2 rings (SSSR count). The summed E-state index contributed by atoms with van der Waals surface area (Å²) in [7, 11) is 1.38. The first-order chi connectivity index (χ1) is 12.0. The highest BCUT2D eigenvalue weighted by atomic mass is 16.5. The minimum absolute atomic E-state index is 0.115. The van der Waals surface area contributed by atoms with Gasteiger partial charge in [-0.25, -0.2) is 9.59 Å². The van der Waals surface area contributed by atoms with Gasteiger partial charge in [0, 0.05) is 13.7 Å². The second-order valence-electron chi connectivity index (χ2n) is 5.59. The van der Waals surface area contributed by atoms with Crippen LogP contribution in [0.15, 0.2) is 24.3 Å². The number of nitrogens with one attached hydrogen (secondary N) is 2. The van der Waals surface area contributed by atoms with E-state index in [4.69, 9.17) is 14.2 Å². The van der Waals surface area contributed by atoms with Crippen LogP contribution in [0.3, 0.4) is 0 Å². The lowest BCUT2D eigenvalue weighted by atomic mass is 10.2. The predicted octanol–water partition coefficient (Wildman–Crippen LogP) is 1.25. The fraction of sp³-hybridized carbons (Fsp3) is 0.471. The lowest BCUT2D eigenvalue weighted by Crippen LogP contribution is -2.43. The summed E-state index contributed by atoms with van der Waals surface area (Å²) in [6, 6.07) is 5.75. The van der Waals surface area contributed by atoms with Crippen LogP contribution in [0.4, 0.5) is 4.79 Å². The van der Waals surface area contributed by atoms with E-state index in [-0.39, 0.29) is 11.7 Å². The number of carbonyl (C=O) groups is 3. The number of hydrogen-bond donors (Lipinski definition) is 2. The predicted molar refractivity (Wildman–Crippen MR) is 88.4 cm³/mol. The lowest BCUT2D eigenvalue weighted by molar-refractivity contribution is -0.127. The van der Waals surface area contributed by atoms with Gasteiger partial charge in [-0.2, -0.15) is 0 Å². The molecule has 25 heavy (non-hydrogen) atoms. The Kier molecular flexibility index (Phi) is 6.76. The highest BCUT2D eigenvalue weighted by Crippen LogP contribution is 2.17. The molecule has 1 heterocycles. The van der Waals surface area contributed by atoms with Crippen LogP contribution in [0, 0.1) is 0 Å². The highest BCUT2D eigenvalue weighted by Gasteiger charge is 2.20. The molecular weight excluding hydrogens is 328 g/mol.